The van der Waals surface area contributed by atoms with E-state index in [0.717, 1.165) is 47.2 Å². The quantitative estimate of drug-likeness (QED) is 0.495. The molecule has 7 nitrogen and oxygen atoms in total. The summed E-state index contributed by atoms with van der Waals surface area (Å²) in [5, 5.41) is 10.7. The molecule has 0 spiro atoms. The molecule has 8 heteroatoms. The number of likely N-dealkylation sites (tertiary alicyclic amines) is 1. The average molecular weight is 430 g/mol. The number of nitrogens with one attached hydrogen (secondary N) is 2. The summed E-state index contributed by atoms with van der Waals surface area (Å²) in [5.74, 6) is -0.289. The molecule has 2 N–H and O–H groups in total. The number of aromatic nitrogens is 4. The third kappa shape index (κ3) is 4.36. The Balaban J connectivity index is 1.39. The molecule has 1 amide bonds. The van der Waals surface area contributed by atoms with Gasteiger partial charge in [-0.25, -0.2) is 4.39 Å². The van der Waals surface area contributed by atoms with Crippen LogP contribution in [0.1, 0.15) is 28.9 Å². The van der Waals surface area contributed by atoms with Gasteiger partial charge in [-0.3, -0.25) is 24.8 Å². The zero-order valence-electron chi connectivity index (χ0n) is 17.5. The first kappa shape index (κ1) is 20.3. The summed E-state index contributed by atoms with van der Waals surface area (Å²) in [6.07, 6.45) is 7.42. The molecule has 162 valence electrons. The molecule has 0 bridgehead atoms. The second-order valence-electron chi connectivity index (χ2n) is 8.06. The van der Waals surface area contributed by atoms with Gasteiger partial charge in [-0.2, -0.15) is 5.10 Å². The van der Waals surface area contributed by atoms with E-state index in [0.29, 0.717) is 24.2 Å². The number of aromatic amines is 1. The zero-order valence-corrected chi connectivity index (χ0v) is 17.5. The fraction of sp³-hybridized carbons (Fsp3) is 0.250. The number of H-pyrrole nitrogens is 1. The summed E-state index contributed by atoms with van der Waals surface area (Å²) in [7, 11) is 0. The molecule has 0 aliphatic carbocycles. The van der Waals surface area contributed by atoms with Crippen LogP contribution in [0.3, 0.4) is 0 Å². The van der Waals surface area contributed by atoms with Gasteiger partial charge < -0.3 is 5.32 Å². The number of carbonyl (C=O) groups excluding carboxylic acids is 1. The number of halogens is 1. The van der Waals surface area contributed by atoms with Gasteiger partial charge in [-0.15, -0.1) is 0 Å². The van der Waals surface area contributed by atoms with Crippen molar-refractivity contribution in [1.82, 2.24) is 25.1 Å². The molecular formula is C24H23FN6O. The van der Waals surface area contributed by atoms with Crippen molar-refractivity contribution >= 4 is 22.5 Å². The molecule has 0 unspecified atom stereocenters. The van der Waals surface area contributed by atoms with Crippen LogP contribution < -0.4 is 5.32 Å². The highest BCUT2D eigenvalue weighted by molar-refractivity contribution is 6.11. The van der Waals surface area contributed by atoms with Crippen LogP contribution in [0.15, 0.2) is 61.2 Å². The van der Waals surface area contributed by atoms with E-state index in [1.165, 1.54) is 0 Å². The minimum Gasteiger partial charge on any atom is -0.320 e. The molecule has 1 saturated heterocycles. The third-order valence-electron chi connectivity index (χ3n) is 5.77. The molecule has 5 rings (SSSR count). The number of carbonyl (C=O) groups is 1. The molecule has 1 aliphatic rings. The molecule has 3 aromatic heterocycles. The summed E-state index contributed by atoms with van der Waals surface area (Å²) in [6, 6.07) is 11.4. The van der Waals surface area contributed by atoms with Gasteiger partial charge in [0.25, 0.3) is 5.91 Å². The summed E-state index contributed by atoms with van der Waals surface area (Å²) in [6.45, 7) is 2.28. The Hall–Kier alpha value is -3.65. The number of fused-ring (bicyclic) bond motifs is 1. The first-order chi connectivity index (χ1) is 15.7. The number of piperidine rings is 1. The van der Waals surface area contributed by atoms with Crippen molar-refractivity contribution in [2.45, 2.75) is 25.6 Å². The Morgan fingerprint density at radius 3 is 2.69 bits per heavy atom. The van der Waals surface area contributed by atoms with E-state index >= 15 is 0 Å². The number of amides is 1. The van der Waals surface area contributed by atoms with Crippen molar-refractivity contribution in [2.75, 3.05) is 18.4 Å². The van der Waals surface area contributed by atoms with E-state index in [-0.39, 0.29) is 5.91 Å². The Bertz CT molecular complexity index is 1230. The number of alkyl halides is 1. The van der Waals surface area contributed by atoms with Crippen LogP contribution in [0.5, 0.6) is 0 Å². The predicted molar refractivity (Wildman–Crippen MR) is 121 cm³/mol. The van der Waals surface area contributed by atoms with E-state index in [4.69, 9.17) is 0 Å². The summed E-state index contributed by atoms with van der Waals surface area (Å²) >= 11 is 0. The average Bonchev–Trinajstić information content (AvgIpc) is 3.25. The van der Waals surface area contributed by atoms with Crippen molar-refractivity contribution in [3.63, 3.8) is 0 Å². The molecule has 1 aromatic carbocycles. The molecule has 32 heavy (non-hydrogen) atoms. The Kier molecular flexibility index (Phi) is 5.60. The number of rotatable bonds is 5. The van der Waals surface area contributed by atoms with Crippen molar-refractivity contribution in [3.8, 4) is 11.1 Å². The minimum atomic E-state index is -0.678. The van der Waals surface area contributed by atoms with Crippen molar-refractivity contribution in [2.24, 2.45) is 0 Å². The van der Waals surface area contributed by atoms with Gasteiger partial charge in [0.1, 0.15) is 6.17 Å². The highest BCUT2D eigenvalue weighted by atomic mass is 19.1. The van der Waals surface area contributed by atoms with Gasteiger partial charge in [0.15, 0.2) is 5.69 Å². The van der Waals surface area contributed by atoms with Crippen molar-refractivity contribution < 1.29 is 9.18 Å². The Labute approximate surface area is 184 Å². The van der Waals surface area contributed by atoms with Gasteiger partial charge in [0.2, 0.25) is 0 Å². The maximum Gasteiger partial charge on any atom is 0.276 e. The molecule has 1 fully saturated rings. The summed E-state index contributed by atoms with van der Waals surface area (Å²) in [5.41, 5.74) is 4.78. The van der Waals surface area contributed by atoms with Gasteiger partial charge in [0, 0.05) is 61.1 Å². The van der Waals surface area contributed by atoms with Crippen LogP contribution in [0.4, 0.5) is 10.1 Å². The lowest BCUT2D eigenvalue weighted by molar-refractivity contribution is 0.102. The van der Waals surface area contributed by atoms with Crippen molar-refractivity contribution in [3.05, 3.63) is 72.4 Å². The standard InChI is InChI=1S/C24H23FN6O/c25-19-5-9-31(10-6-19)15-16-11-18(14-27-13-16)17-1-2-22-21(12-17)23(30-29-22)24(32)28-20-3-7-26-8-4-20/h1-4,7-8,11-14,19H,5-6,9-10,15H2,(H,29,30)(H,26,28,32). The molecular weight excluding hydrogens is 407 g/mol. The second kappa shape index (κ2) is 8.84. The SMILES string of the molecule is O=C(Nc1ccncc1)c1n[nH]c2ccc(-c3cncc(CN4CCC(F)CC4)c3)cc12. The lowest BCUT2D eigenvalue weighted by atomic mass is 10.0. The molecule has 1 aliphatic heterocycles. The van der Waals surface area contributed by atoms with Gasteiger partial charge >= 0.3 is 0 Å². The lowest BCUT2D eigenvalue weighted by Crippen LogP contribution is -2.33. The van der Waals surface area contributed by atoms with Crippen LogP contribution in [0, 0.1) is 0 Å². The molecule has 4 aromatic rings. The van der Waals surface area contributed by atoms with Gasteiger partial charge in [-0.1, -0.05) is 6.07 Å². The maximum atomic E-state index is 13.4. The van der Waals surface area contributed by atoms with E-state index in [1.54, 1.807) is 24.5 Å². The highest BCUT2D eigenvalue weighted by Crippen LogP contribution is 2.27. The maximum absolute atomic E-state index is 13.4. The normalized spacial score (nSPS) is 15.2. The summed E-state index contributed by atoms with van der Waals surface area (Å²) in [4.78, 5) is 23.4. The number of benzene rings is 1. The van der Waals surface area contributed by atoms with Crippen LogP contribution in [-0.4, -0.2) is 50.2 Å². The number of pyridine rings is 2. The molecule has 0 radical (unpaired) electrons. The first-order valence-electron chi connectivity index (χ1n) is 10.7. The number of hydrogen-bond donors (Lipinski definition) is 2. The molecule has 4 heterocycles. The minimum absolute atomic E-state index is 0.289. The van der Waals surface area contributed by atoms with E-state index in [1.807, 2.05) is 30.6 Å². The fourth-order valence-corrected chi connectivity index (χ4v) is 4.04. The topological polar surface area (TPSA) is 86.8 Å². The lowest BCUT2D eigenvalue weighted by Gasteiger charge is -2.28. The highest BCUT2D eigenvalue weighted by Gasteiger charge is 2.19. The van der Waals surface area contributed by atoms with E-state index in [2.05, 4.69) is 36.4 Å². The fourth-order valence-electron chi connectivity index (χ4n) is 4.04. The monoisotopic (exact) mass is 430 g/mol. The van der Waals surface area contributed by atoms with Crippen LogP contribution in [-0.2, 0) is 6.54 Å². The van der Waals surface area contributed by atoms with Gasteiger partial charge in [-0.05, 0) is 54.3 Å². The van der Waals surface area contributed by atoms with Gasteiger partial charge in [0.05, 0.1) is 5.52 Å². The number of anilines is 1. The molecule has 0 saturated carbocycles. The predicted octanol–water partition coefficient (Wildman–Crippen LogP) is 4.21. The molecule has 0 atom stereocenters. The Morgan fingerprint density at radius 1 is 1.06 bits per heavy atom. The van der Waals surface area contributed by atoms with Crippen LogP contribution in [0.2, 0.25) is 0 Å². The smallest absolute Gasteiger partial charge is 0.276 e. The largest absolute Gasteiger partial charge is 0.320 e. The Morgan fingerprint density at radius 2 is 1.88 bits per heavy atom. The first-order valence-corrected chi connectivity index (χ1v) is 10.7. The zero-order chi connectivity index (χ0) is 21.9. The van der Waals surface area contributed by atoms with E-state index < -0.39 is 6.17 Å². The van der Waals surface area contributed by atoms with Crippen LogP contribution >= 0.6 is 0 Å². The van der Waals surface area contributed by atoms with E-state index in [9.17, 15) is 9.18 Å². The number of hydrogen-bond acceptors (Lipinski definition) is 5. The van der Waals surface area contributed by atoms with Crippen LogP contribution in [0.25, 0.3) is 22.0 Å². The second-order valence-corrected chi connectivity index (χ2v) is 8.06. The van der Waals surface area contributed by atoms with Crippen molar-refractivity contribution in [1.29, 1.82) is 0 Å². The summed E-state index contributed by atoms with van der Waals surface area (Å²) < 4.78 is 13.4. The third-order valence-corrected chi connectivity index (χ3v) is 5.77. The number of nitrogens with zero attached hydrogens (tertiary/aromatic N) is 4.